The van der Waals surface area contributed by atoms with Crippen molar-refractivity contribution in [2.75, 3.05) is 13.1 Å². The van der Waals surface area contributed by atoms with Gasteiger partial charge in [-0.3, -0.25) is 4.79 Å². The summed E-state index contributed by atoms with van der Waals surface area (Å²) < 4.78 is 7.27. The first-order chi connectivity index (χ1) is 14.5. The van der Waals surface area contributed by atoms with Gasteiger partial charge < -0.3 is 10.1 Å². The third-order valence-electron chi connectivity index (χ3n) is 5.12. The number of ether oxygens (including phenoxy) is 1. The van der Waals surface area contributed by atoms with Crippen molar-refractivity contribution in [3.05, 3.63) is 65.7 Å². The fourth-order valence-electron chi connectivity index (χ4n) is 3.80. The second-order valence-electron chi connectivity index (χ2n) is 7.70. The van der Waals surface area contributed by atoms with Gasteiger partial charge in [-0.2, -0.15) is 14.3 Å². The zero-order valence-corrected chi connectivity index (χ0v) is 17.0. The van der Waals surface area contributed by atoms with Gasteiger partial charge in [-0.15, -0.1) is 0 Å². The van der Waals surface area contributed by atoms with Crippen molar-refractivity contribution in [2.24, 2.45) is 0 Å². The average Bonchev–Trinajstić information content (AvgIpc) is 3.11. The van der Waals surface area contributed by atoms with Crippen molar-refractivity contribution in [3.63, 3.8) is 0 Å². The van der Waals surface area contributed by atoms with Gasteiger partial charge in [0.2, 0.25) is 0 Å². The number of benzene rings is 2. The Labute approximate surface area is 175 Å². The topological polar surface area (TPSA) is 78.7 Å². The molecule has 0 radical (unpaired) electrons. The summed E-state index contributed by atoms with van der Waals surface area (Å²) in [5.74, 6) is -0.146. The number of rotatable bonds is 6. The third kappa shape index (κ3) is 3.70. The molecule has 2 aliphatic heterocycles. The summed E-state index contributed by atoms with van der Waals surface area (Å²) in [5, 5.41) is 2.81. The number of amides is 4. The van der Waals surface area contributed by atoms with Crippen molar-refractivity contribution in [1.82, 2.24) is 10.2 Å². The first kappa shape index (κ1) is 19.8. The van der Waals surface area contributed by atoms with Gasteiger partial charge in [-0.25, -0.2) is 4.79 Å². The summed E-state index contributed by atoms with van der Waals surface area (Å²) in [7, 11) is 0. The summed E-state index contributed by atoms with van der Waals surface area (Å²) in [5.41, 5.74) is 2.13. The molecule has 2 aliphatic rings. The lowest BCUT2D eigenvalue weighted by Crippen LogP contribution is -2.59. The van der Waals surface area contributed by atoms with E-state index in [0.717, 1.165) is 5.56 Å². The third-order valence-corrected chi connectivity index (χ3v) is 5.12. The molecule has 4 amide bonds. The molecule has 1 N–H and O–H groups in total. The number of hydrogen-bond donors (Lipinski definition) is 1. The maximum Gasteiger partial charge on any atom is 0.501 e. The van der Waals surface area contributed by atoms with Crippen LogP contribution in [-0.4, -0.2) is 58.3 Å². The highest BCUT2D eigenvalue weighted by Gasteiger charge is 2.53. The molecule has 0 aromatic heterocycles. The smallest absolute Gasteiger partial charge is 0.469 e. The number of carbonyl (C=O) groups excluding carboxylic acids is 3. The van der Waals surface area contributed by atoms with Gasteiger partial charge in [0.15, 0.2) is 12.3 Å². The molecule has 0 bridgehead atoms. The molecule has 30 heavy (non-hydrogen) atoms. The maximum absolute atomic E-state index is 13.3. The van der Waals surface area contributed by atoms with Gasteiger partial charge in [0.05, 0.1) is 5.56 Å². The maximum atomic E-state index is 13.3. The second kappa shape index (κ2) is 8.10. The Morgan fingerprint density at radius 3 is 2.53 bits per heavy atom. The Bertz CT molecular complexity index is 1030. The predicted molar refractivity (Wildman–Crippen MR) is 111 cm³/mol. The number of nitrogens with zero attached hydrogens (tertiary/aromatic N) is 2. The highest BCUT2D eigenvalue weighted by atomic mass is 16.5. The molecular weight excluding hydrogens is 382 g/mol. The second-order valence-corrected chi connectivity index (χ2v) is 7.70. The van der Waals surface area contributed by atoms with E-state index < -0.39 is 18.0 Å². The molecule has 1 atom stereocenters. The van der Waals surface area contributed by atoms with E-state index in [-0.39, 0.29) is 25.0 Å². The Morgan fingerprint density at radius 1 is 1.10 bits per heavy atom. The Hall–Kier alpha value is -3.48. The van der Waals surface area contributed by atoms with Crippen LogP contribution in [0.1, 0.15) is 25.0 Å². The van der Waals surface area contributed by atoms with Crippen molar-refractivity contribution < 1.29 is 23.7 Å². The minimum absolute atomic E-state index is 0.0545. The molecule has 4 rings (SSSR count). The SMILES string of the molecule is CC(C)NC(=O)C[N+]1=C2c3ccccc3OC2C(=O)N(CCc2ccccc2)C1=O. The largest absolute Gasteiger partial charge is 0.501 e. The van der Waals surface area contributed by atoms with Crippen LogP contribution in [0.15, 0.2) is 54.6 Å². The normalized spacial score (nSPS) is 17.7. The fourth-order valence-corrected chi connectivity index (χ4v) is 3.80. The molecule has 2 heterocycles. The summed E-state index contributed by atoms with van der Waals surface area (Å²) in [6.45, 7) is 3.76. The lowest BCUT2D eigenvalue weighted by atomic mass is 10.0. The minimum atomic E-state index is -0.928. The molecule has 0 fully saturated rings. The van der Waals surface area contributed by atoms with E-state index in [2.05, 4.69) is 5.32 Å². The van der Waals surface area contributed by atoms with Crippen LogP contribution in [-0.2, 0) is 16.0 Å². The number of para-hydroxylation sites is 1. The van der Waals surface area contributed by atoms with Crippen molar-refractivity contribution in [3.8, 4) is 5.75 Å². The van der Waals surface area contributed by atoms with Crippen LogP contribution in [0.5, 0.6) is 5.75 Å². The number of fused-ring (bicyclic) bond motifs is 3. The molecular formula is C23H24N3O4+. The molecule has 0 spiro atoms. The molecule has 0 saturated carbocycles. The van der Waals surface area contributed by atoms with Crippen LogP contribution in [0.3, 0.4) is 0 Å². The quantitative estimate of drug-likeness (QED) is 0.744. The number of urea groups is 1. The zero-order chi connectivity index (χ0) is 21.3. The van der Waals surface area contributed by atoms with Gasteiger partial charge >= 0.3 is 11.9 Å². The summed E-state index contributed by atoms with van der Waals surface area (Å²) in [6, 6.07) is 16.3. The van der Waals surface area contributed by atoms with Crippen LogP contribution in [0.2, 0.25) is 0 Å². The molecule has 7 heteroatoms. The van der Waals surface area contributed by atoms with E-state index in [1.807, 2.05) is 56.3 Å². The van der Waals surface area contributed by atoms with E-state index in [1.165, 1.54) is 9.48 Å². The van der Waals surface area contributed by atoms with Crippen molar-refractivity contribution >= 4 is 23.6 Å². The van der Waals surface area contributed by atoms with Crippen LogP contribution in [0.4, 0.5) is 4.79 Å². The summed E-state index contributed by atoms with van der Waals surface area (Å²) in [6.07, 6.45) is -0.401. The molecule has 0 aliphatic carbocycles. The van der Waals surface area contributed by atoms with Crippen LogP contribution in [0, 0.1) is 0 Å². The predicted octanol–water partition coefficient (Wildman–Crippen LogP) is 1.98. The van der Waals surface area contributed by atoms with E-state index in [9.17, 15) is 14.4 Å². The molecule has 2 aromatic carbocycles. The van der Waals surface area contributed by atoms with Crippen LogP contribution < -0.4 is 10.1 Å². The first-order valence-corrected chi connectivity index (χ1v) is 10.0. The molecule has 0 saturated heterocycles. The summed E-state index contributed by atoms with van der Waals surface area (Å²) in [4.78, 5) is 40.1. The van der Waals surface area contributed by atoms with E-state index in [4.69, 9.17) is 4.74 Å². The molecule has 1 unspecified atom stereocenters. The van der Waals surface area contributed by atoms with Crippen LogP contribution in [0.25, 0.3) is 0 Å². The average molecular weight is 406 g/mol. The lowest BCUT2D eigenvalue weighted by Gasteiger charge is -2.24. The highest BCUT2D eigenvalue weighted by Crippen LogP contribution is 2.32. The van der Waals surface area contributed by atoms with Crippen molar-refractivity contribution in [2.45, 2.75) is 32.4 Å². The standard InChI is InChI=1S/C23H23N3O4/c1-15(2)24-19(27)14-26-20-17-10-6-7-11-18(17)30-21(20)22(28)25(23(26)29)13-12-16-8-4-3-5-9-16/h3-11,15,21H,12-14H2,1-2H3/p+1. The van der Waals surface area contributed by atoms with Gasteiger partial charge in [-0.1, -0.05) is 42.5 Å². The van der Waals surface area contributed by atoms with Crippen LogP contribution >= 0.6 is 0 Å². The Kier molecular flexibility index (Phi) is 5.35. The molecule has 7 nitrogen and oxygen atoms in total. The van der Waals surface area contributed by atoms with Gasteiger partial charge in [0.25, 0.3) is 12.0 Å². The number of carbonyl (C=O) groups is 3. The molecule has 2 aromatic rings. The lowest BCUT2D eigenvalue weighted by molar-refractivity contribution is -0.429. The minimum Gasteiger partial charge on any atom is -0.469 e. The molecule has 154 valence electrons. The Morgan fingerprint density at radius 2 is 1.80 bits per heavy atom. The van der Waals surface area contributed by atoms with E-state index in [0.29, 0.717) is 23.4 Å². The van der Waals surface area contributed by atoms with Gasteiger partial charge in [0.1, 0.15) is 12.3 Å². The number of hydrogen-bond acceptors (Lipinski definition) is 4. The Balaban J connectivity index is 1.68. The van der Waals surface area contributed by atoms with Gasteiger partial charge in [0, 0.05) is 12.5 Å². The van der Waals surface area contributed by atoms with Gasteiger partial charge in [-0.05, 0) is 31.5 Å². The monoisotopic (exact) mass is 406 g/mol. The van der Waals surface area contributed by atoms with E-state index in [1.54, 1.807) is 12.1 Å². The summed E-state index contributed by atoms with van der Waals surface area (Å²) >= 11 is 0. The highest BCUT2D eigenvalue weighted by molar-refractivity contribution is 6.22. The van der Waals surface area contributed by atoms with E-state index >= 15 is 0 Å². The zero-order valence-electron chi connectivity index (χ0n) is 17.0. The van der Waals surface area contributed by atoms with Crippen molar-refractivity contribution in [1.29, 1.82) is 0 Å². The number of nitrogens with one attached hydrogen (secondary N) is 1. The number of imide groups is 1. The first-order valence-electron chi connectivity index (χ1n) is 10.0. The fraction of sp³-hybridized carbons (Fsp3) is 0.304.